The van der Waals surface area contributed by atoms with E-state index in [0.29, 0.717) is 18.6 Å². The molecular weight excluding hydrogens is 262 g/mol. The molecule has 7 heteroatoms. The van der Waals surface area contributed by atoms with E-state index < -0.39 is 0 Å². The van der Waals surface area contributed by atoms with E-state index in [4.69, 9.17) is 10.8 Å². The summed E-state index contributed by atoms with van der Waals surface area (Å²) in [6.07, 6.45) is 3.94. The van der Waals surface area contributed by atoms with Gasteiger partial charge in [-0.3, -0.25) is 0 Å². The predicted molar refractivity (Wildman–Crippen MR) is 61.8 cm³/mol. The van der Waals surface area contributed by atoms with Gasteiger partial charge in [0.05, 0.1) is 12.5 Å². The summed E-state index contributed by atoms with van der Waals surface area (Å²) in [6.45, 7) is 0.837. The molecule has 2 heterocycles. The predicted octanol–water partition coefficient (Wildman–Crippen LogP) is 0.369. The minimum atomic E-state index is 0. The van der Waals surface area contributed by atoms with Crippen molar-refractivity contribution in [3.63, 3.8) is 0 Å². The third-order valence-corrected chi connectivity index (χ3v) is 1.93. The van der Waals surface area contributed by atoms with Crippen molar-refractivity contribution in [3.05, 3.63) is 12.5 Å². The molecule has 15 heavy (non-hydrogen) atoms. The average molecular weight is 274 g/mol. The van der Waals surface area contributed by atoms with Crippen LogP contribution in [0, 0.1) is 0 Å². The Kier molecular flexibility index (Phi) is 3.98. The molecule has 0 amide bonds. The Morgan fingerprint density at radius 2 is 2.20 bits per heavy atom. The lowest BCUT2D eigenvalue weighted by Gasteiger charge is -2.00. The molecule has 0 aliphatic carbocycles. The molecule has 0 aromatic carbocycles. The van der Waals surface area contributed by atoms with E-state index in [1.54, 1.807) is 12.5 Å². The van der Waals surface area contributed by atoms with Gasteiger partial charge in [0.2, 0.25) is 5.95 Å². The van der Waals surface area contributed by atoms with Gasteiger partial charge >= 0.3 is 0 Å². The molecule has 2 rings (SSSR count). The molecule has 0 spiro atoms. The van der Waals surface area contributed by atoms with Crippen molar-refractivity contribution in [2.75, 3.05) is 12.3 Å². The first kappa shape index (κ1) is 11.9. The molecule has 0 fully saturated rings. The summed E-state index contributed by atoms with van der Waals surface area (Å²) < 4.78 is 1.85. The zero-order chi connectivity index (χ0) is 9.97. The molecule has 0 saturated heterocycles. The number of aryl methyl sites for hydroxylation is 1. The van der Waals surface area contributed by atoms with Gasteiger partial charge in [0.1, 0.15) is 5.52 Å². The molecule has 3 N–H and O–H groups in total. The van der Waals surface area contributed by atoms with Gasteiger partial charge in [-0.25, -0.2) is 9.97 Å². The van der Waals surface area contributed by atoms with Crippen molar-refractivity contribution < 1.29 is 5.11 Å². The van der Waals surface area contributed by atoms with E-state index in [1.165, 1.54) is 0 Å². The van der Waals surface area contributed by atoms with Crippen LogP contribution in [-0.4, -0.2) is 31.2 Å². The largest absolute Gasteiger partial charge is 0.396 e. The van der Waals surface area contributed by atoms with Crippen LogP contribution < -0.4 is 5.73 Å². The lowest BCUT2D eigenvalue weighted by atomic mass is 10.4. The van der Waals surface area contributed by atoms with Gasteiger partial charge in [0.15, 0.2) is 5.65 Å². The molecule has 0 unspecified atom stereocenters. The van der Waals surface area contributed by atoms with E-state index in [2.05, 4.69) is 15.0 Å². The average Bonchev–Trinajstić information content (AvgIpc) is 2.57. The molecule has 0 aliphatic heterocycles. The van der Waals surface area contributed by atoms with E-state index in [-0.39, 0.29) is 29.5 Å². The van der Waals surface area contributed by atoms with Crippen molar-refractivity contribution in [1.29, 1.82) is 0 Å². The van der Waals surface area contributed by atoms with Gasteiger partial charge in [0, 0.05) is 13.2 Å². The highest BCUT2D eigenvalue weighted by atomic mass is 79.9. The molecule has 6 nitrogen and oxygen atoms in total. The van der Waals surface area contributed by atoms with Crippen molar-refractivity contribution in [2.24, 2.45) is 0 Å². The molecule has 0 aliphatic rings. The Balaban J connectivity index is 0.00000112. The Bertz CT molecular complexity index is 444. The summed E-state index contributed by atoms with van der Waals surface area (Å²) in [5, 5.41) is 8.70. The Hall–Kier alpha value is -1.21. The van der Waals surface area contributed by atoms with Gasteiger partial charge in [0.25, 0.3) is 0 Å². The lowest BCUT2D eigenvalue weighted by molar-refractivity contribution is 0.280. The first-order chi connectivity index (χ1) is 6.81. The number of hydrogen-bond donors (Lipinski definition) is 2. The van der Waals surface area contributed by atoms with Crippen molar-refractivity contribution in [1.82, 2.24) is 19.5 Å². The number of nitrogens with zero attached hydrogens (tertiary/aromatic N) is 4. The quantitative estimate of drug-likeness (QED) is 0.843. The summed E-state index contributed by atoms with van der Waals surface area (Å²) in [5.74, 6) is 0.239. The van der Waals surface area contributed by atoms with Crippen LogP contribution >= 0.6 is 17.0 Å². The fraction of sp³-hybridized carbons (Fsp3) is 0.375. The summed E-state index contributed by atoms with van der Waals surface area (Å²) in [7, 11) is 0. The Labute approximate surface area is 96.9 Å². The minimum Gasteiger partial charge on any atom is -0.396 e. The topological polar surface area (TPSA) is 89.8 Å². The molecule has 0 radical (unpaired) electrons. The van der Waals surface area contributed by atoms with Crippen molar-refractivity contribution in [3.8, 4) is 0 Å². The van der Waals surface area contributed by atoms with Crippen LogP contribution in [0.3, 0.4) is 0 Å². The second-order valence-electron chi connectivity index (χ2n) is 2.95. The fourth-order valence-electron chi connectivity index (χ4n) is 1.27. The molecule has 82 valence electrons. The van der Waals surface area contributed by atoms with Crippen LogP contribution in [0.5, 0.6) is 0 Å². The van der Waals surface area contributed by atoms with Gasteiger partial charge in [-0.15, -0.1) is 17.0 Å². The Morgan fingerprint density at radius 1 is 1.40 bits per heavy atom. The van der Waals surface area contributed by atoms with E-state index in [1.807, 2.05) is 4.57 Å². The van der Waals surface area contributed by atoms with E-state index in [0.717, 1.165) is 5.52 Å². The maximum absolute atomic E-state index is 8.70. The standard InChI is InChI=1S/C8H11N5O.BrH/c9-8-10-4-6-7(12-8)13(5-11-6)2-1-3-14;/h4-5,14H,1-3H2,(H2,9,10,12);1H. The SMILES string of the molecule is Br.Nc1ncc2ncn(CCCO)c2n1. The number of anilines is 1. The maximum atomic E-state index is 8.70. The van der Waals surface area contributed by atoms with Crippen molar-refractivity contribution in [2.45, 2.75) is 13.0 Å². The summed E-state index contributed by atoms with van der Waals surface area (Å²) >= 11 is 0. The molecule has 0 atom stereocenters. The highest BCUT2D eigenvalue weighted by Gasteiger charge is 2.04. The van der Waals surface area contributed by atoms with Crippen LogP contribution in [0.15, 0.2) is 12.5 Å². The smallest absolute Gasteiger partial charge is 0.222 e. The van der Waals surface area contributed by atoms with Crippen LogP contribution in [0.25, 0.3) is 11.2 Å². The first-order valence-corrected chi connectivity index (χ1v) is 4.35. The van der Waals surface area contributed by atoms with Gasteiger partial charge in [-0.05, 0) is 6.42 Å². The normalized spacial score (nSPS) is 10.2. The molecule has 2 aromatic heterocycles. The number of rotatable bonds is 3. The third kappa shape index (κ3) is 2.42. The van der Waals surface area contributed by atoms with Gasteiger partial charge < -0.3 is 15.4 Å². The second-order valence-corrected chi connectivity index (χ2v) is 2.95. The van der Waals surface area contributed by atoms with Crippen LogP contribution in [-0.2, 0) is 6.54 Å². The second kappa shape index (κ2) is 5.04. The highest BCUT2D eigenvalue weighted by Crippen LogP contribution is 2.09. The van der Waals surface area contributed by atoms with Gasteiger partial charge in [-0.1, -0.05) is 0 Å². The first-order valence-electron chi connectivity index (χ1n) is 4.35. The molecule has 0 bridgehead atoms. The zero-order valence-electron chi connectivity index (χ0n) is 8.00. The molecule has 0 saturated carbocycles. The maximum Gasteiger partial charge on any atom is 0.222 e. The van der Waals surface area contributed by atoms with Gasteiger partial charge in [-0.2, -0.15) is 4.98 Å². The number of imidazole rings is 1. The summed E-state index contributed by atoms with van der Waals surface area (Å²) in [6, 6.07) is 0. The number of aliphatic hydroxyl groups excluding tert-OH is 1. The number of aliphatic hydroxyl groups is 1. The van der Waals surface area contributed by atoms with E-state index >= 15 is 0 Å². The number of hydrogen-bond acceptors (Lipinski definition) is 5. The number of aromatic nitrogens is 4. The zero-order valence-corrected chi connectivity index (χ0v) is 9.71. The van der Waals surface area contributed by atoms with Crippen LogP contribution in [0.1, 0.15) is 6.42 Å². The summed E-state index contributed by atoms with van der Waals surface area (Å²) in [5.41, 5.74) is 6.90. The fourth-order valence-corrected chi connectivity index (χ4v) is 1.27. The highest BCUT2D eigenvalue weighted by molar-refractivity contribution is 8.93. The number of halogens is 1. The lowest BCUT2D eigenvalue weighted by Crippen LogP contribution is -2.01. The van der Waals surface area contributed by atoms with Crippen LogP contribution in [0.2, 0.25) is 0 Å². The Morgan fingerprint density at radius 3 is 2.93 bits per heavy atom. The number of nitrogens with two attached hydrogens (primary N) is 1. The monoisotopic (exact) mass is 273 g/mol. The molecular formula is C8H12BrN5O. The minimum absolute atomic E-state index is 0. The molecule has 2 aromatic rings. The third-order valence-electron chi connectivity index (χ3n) is 1.93. The summed E-state index contributed by atoms with van der Waals surface area (Å²) in [4.78, 5) is 12.0. The van der Waals surface area contributed by atoms with E-state index in [9.17, 15) is 0 Å². The number of nitrogen functional groups attached to an aromatic ring is 1. The number of fused-ring (bicyclic) bond motifs is 1. The van der Waals surface area contributed by atoms with Crippen molar-refractivity contribution >= 4 is 34.1 Å². The van der Waals surface area contributed by atoms with Crippen LogP contribution in [0.4, 0.5) is 5.95 Å².